The SMILES string of the molecule is CC(C)Oc1cccc(C(N)c2cccc(Br)c2F)c1. The number of benzene rings is 2. The second-order valence-electron chi connectivity index (χ2n) is 4.86. The third-order valence-corrected chi connectivity index (χ3v) is 3.52. The van der Waals surface area contributed by atoms with Gasteiger partial charge in [0.1, 0.15) is 11.6 Å². The van der Waals surface area contributed by atoms with Gasteiger partial charge in [0.25, 0.3) is 0 Å². The van der Waals surface area contributed by atoms with E-state index in [1.54, 1.807) is 18.2 Å². The fourth-order valence-corrected chi connectivity index (χ4v) is 2.38. The second kappa shape index (κ2) is 6.37. The van der Waals surface area contributed by atoms with Crippen LogP contribution in [0.4, 0.5) is 4.39 Å². The van der Waals surface area contributed by atoms with Crippen LogP contribution >= 0.6 is 15.9 Å². The molecular formula is C16H17BrFNO. The molecule has 2 aromatic carbocycles. The monoisotopic (exact) mass is 337 g/mol. The standard InChI is InChI=1S/C16H17BrFNO/c1-10(2)20-12-6-3-5-11(9-12)16(19)13-7-4-8-14(17)15(13)18/h3-10,16H,19H2,1-2H3. The largest absolute Gasteiger partial charge is 0.491 e. The first-order chi connectivity index (χ1) is 9.49. The molecule has 0 saturated carbocycles. The van der Waals surface area contributed by atoms with Gasteiger partial charge in [0.2, 0.25) is 0 Å². The van der Waals surface area contributed by atoms with E-state index >= 15 is 0 Å². The summed E-state index contributed by atoms with van der Waals surface area (Å²) in [6.45, 7) is 3.92. The van der Waals surface area contributed by atoms with E-state index < -0.39 is 6.04 Å². The molecule has 2 aromatic rings. The summed E-state index contributed by atoms with van der Waals surface area (Å²) in [5.41, 5.74) is 7.45. The number of hydrogen-bond acceptors (Lipinski definition) is 2. The van der Waals surface area contributed by atoms with E-state index in [0.717, 1.165) is 11.3 Å². The Hall–Kier alpha value is -1.39. The van der Waals surface area contributed by atoms with E-state index in [2.05, 4.69) is 15.9 Å². The van der Waals surface area contributed by atoms with Gasteiger partial charge in [-0.3, -0.25) is 0 Å². The lowest BCUT2D eigenvalue weighted by Crippen LogP contribution is -2.14. The molecule has 0 spiro atoms. The summed E-state index contributed by atoms with van der Waals surface area (Å²) in [7, 11) is 0. The number of halogens is 2. The van der Waals surface area contributed by atoms with Crippen LogP contribution in [-0.4, -0.2) is 6.10 Å². The molecule has 4 heteroatoms. The van der Waals surface area contributed by atoms with Crippen molar-refractivity contribution in [1.82, 2.24) is 0 Å². The molecule has 1 atom stereocenters. The average Bonchev–Trinajstić information content (AvgIpc) is 2.41. The number of ether oxygens (including phenoxy) is 1. The predicted octanol–water partition coefficient (Wildman–Crippen LogP) is 4.42. The Bertz CT molecular complexity index is 601. The van der Waals surface area contributed by atoms with Gasteiger partial charge in [-0.05, 0) is 53.5 Å². The molecule has 1 unspecified atom stereocenters. The molecule has 106 valence electrons. The Kier molecular flexibility index (Phi) is 4.78. The number of rotatable bonds is 4. The Morgan fingerprint density at radius 2 is 1.85 bits per heavy atom. The molecule has 0 aliphatic rings. The van der Waals surface area contributed by atoms with Crippen LogP contribution in [0.15, 0.2) is 46.9 Å². The first-order valence-electron chi connectivity index (χ1n) is 6.45. The van der Waals surface area contributed by atoms with Crippen molar-refractivity contribution in [2.24, 2.45) is 5.73 Å². The van der Waals surface area contributed by atoms with Crippen LogP contribution in [0.2, 0.25) is 0 Å². The zero-order chi connectivity index (χ0) is 14.7. The molecule has 0 radical (unpaired) electrons. The summed E-state index contributed by atoms with van der Waals surface area (Å²) in [6, 6.07) is 12.1. The lowest BCUT2D eigenvalue weighted by atomic mass is 9.99. The van der Waals surface area contributed by atoms with Gasteiger partial charge in [0.05, 0.1) is 16.6 Å². The van der Waals surface area contributed by atoms with Crippen molar-refractivity contribution in [3.05, 3.63) is 63.9 Å². The van der Waals surface area contributed by atoms with Crippen molar-refractivity contribution in [2.45, 2.75) is 26.0 Å². The van der Waals surface area contributed by atoms with Gasteiger partial charge >= 0.3 is 0 Å². The maximum absolute atomic E-state index is 14.1. The topological polar surface area (TPSA) is 35.2 Å². The zero-order valence-corrected chi connectivity index (χ0v) is 13.0. The third kappa shape index (κ3) is 3.38. The number of hydrogen-bond donors (Lipinski definition) is 1. The van der Waals surface area contributed by atoms with Crippen molar-refractivity contribution in [3.8, 4) is 5.75 Å². The highest BCUT2D eigenvalue weighted by Crippen LogP contribution is 2.28. The van der Waals surface area contributed by atoms with Gasteiger partial charge in [0.15, 0.2) is 0 Å². The summed E-state index contributed by atoms with van der Waals surface area (Å²) in [5, 5.41) is 0. The molecule has 20 heavy (non-hydrogen) atoms. The van der Waals surface area contributed by atoms with Gasteiger partial charge in [0, 0.05) is 5.56 Å². The molecule has 0 aromatic heterocycles. The van der Waals surface area contributed by atoms with Crippen molar-refractivity contribution < 1.29 is 9.13 Å². The quantitative estimate of drug-likeness (QED) is 0.895. The fourth-order valence-electron chi connectivity index (χ4n) is 1.99. The highest BCUT2D eigenvalue weighted by Gasteiger charge is 2.16. The summed E-state index contributed by atoms with van der Waals surface area (Å²) in [6.07, 6.45) is 0.0871. The van der Waals surface area contributed by atoms with Crippen LogP contribution in [0.25, 0.3) is 0 Å². The normalized spacial score (nSPS) is 12.5. The van der Waals surface area contributed by atoms with Gasteiger partial charge in [-0.25, -0.2) is 4.39 Å². The molecule has 2 nitrogen and oxygen atoms in total. The molecule has 0 aliphatic carbocycles. The summed E-state index contributed by atoms with van der Waals surface area (Å²) in [4.78, 5) is 0. The first-order valence-corrected chi connectivity index (χ1v) is 7.24. The zero-order valence-electron chi connectivity index (χ0n) is 11.4. The van der Waals surface area contributed by atoms with Crippen molar-refractivity contribution in [1.29, 1.82) is 0 Å². The molecular weight excluding hydrogens is 321 g/mol. The smallest absolute Gasteiger partial charge is 0.142 e. The molecule has 0 aliphatic heterocycles. The highest BCUT2D eigenvalue weighted by molar-refractivity contribution is 9.10. The van der Waals surface area contributed by atoms with E-state index in [9.17, 15) is 4.39 Å². The summed E-state index contributed by atoms with van der Waals surface area (Å²) < 4.78 is 20.1. The number of nitrogens with two attached hydrogens (primary N) is 1. The molecule has 0 fully saturated rings. The average molecular weight is 338 g/mol. The molecule has 0 bridgehead atoms. The van der Waals surface area contributed by atoms with Crippen LogP contribution in [0.3, 0.4) is 0 Å². The lowest BCUT2D eigenvalue weighted by Gasteiger charge is -2.16. The molecule has 0 saturated heterocycles. The maximum atomic E-state index is 14.1. The second-order valence-corrected chi connectivity index (χ2v) is 5.71. The molecule has 0 heterocycles. The fraction of sp³-hybridized carbons (Fsp3) is 0.250. The van der Waals surface area contributed by atoms with E-state index in [-0.39, 0.29) is 11.9 Å². The van der Waals surface area contributed by atoms with Gasteiger partial charge in [-0.15, -0.1) is 0 Å². The van der Waals surface area contributed by atoms with E-state index in [4.69, 9.17) is 10.5 Å². The Morgan fingerprint density at radius 3 is 2.55 bits per heavy atom. The first kappa shape index (κ1) is 15.0. The summed E-state index contributed by atoms with van der Waals surface area (Å²) >= 11 is 3.18. The van der Waals surface area contributed by atoms with E-state index in [1.165, 1.54) is 0 Å². The highest BCUT2D eigenvalue weighted by atomic mass is 79.9. The van der Waals surface area contributed by atoms with Crippen LogP contribution in [0.1, 0.15) is 31.0 Å². The molecule has 0 amide bonds. The van der Waals surface area contributed by atoms with E-state index in [1.807, 2.05) is 38.1 Å². The van der Waals surface area contributed by atoms with Gasteiger partial charge < -0.3 is 10.5 Å². The lowest BCUT2D eigenvalue weighted by molar-refractivity contribution is 0.242. The van der Waals surface area contributed by atoms with Gasteiger partial charge in [-0.2, -0.15) is 0 Å². The van der Waals surface area contributed by atoms with Crippen molar-refractivity contribution >= 4 is 15.9 Å². The summed E-state index contributed by atoms with van der Waals surface area (Å²) in [5.74, 6) is 0.415. The van der Waals surface area contributed by atoms with Crippen LogP contribution in [0, 0.1) is 5.82 Å². The minimum atomic E-state index is -0.525. The Labute approximate surface area is 126 Å². The van der Waals surface area contributed by atoms with Crippen LogP contribution in [-0.2, 0) is 0 Å². The van der Waals surface area contributed by atoms with Crippen molar-refractivity contribution in [3.63, 3.8) is 0 Å². The third-order valence-electron chi connectivity index (χ3n) is 2.91. The van der Waals surface area contributed by atoms with Crippen molar-refractivity contribution in [2.75, 3.05) is 0 Å². The van der Waals surface area contributed by atoms with E-state index in [0.29, 0.717) is 10.0 Å². The molecule has 2 N–H and O–H groups in total. The Balaban J connectivity index is 2.33. The van der Waals surface area contributed by atoms with Crippen LogP contribution < -0.4 is 10.5 Å². The van der Waals surface area contributed by atoms with Gasteiger partial charge in [-0.1, -0.05) is 24.3 Å². The minimum absolute atomic E-state index is 0.0871. The Morgan fingerprint density at radius 1 is 1.15 bits per heavy atom. The predicted molar refractivity (Wildman–Crippen MR) is 82.3 cm³/mol. The molecule has 2 rings (SSSR count). The maximum Gasteiger partial charge on any atom is 0.142 e. The van der Waals surface area contributed by atoms with Crippen LogP contribution in [0.5, 0.6) is 5.75 Å². The minimum Gasteiger partial charge on any atom is -0.491 e.